The van der Waals surface area contributed by atoms with Gasteiger partial charge in [-0.2, -0.15) is 0 Å². The molecule has 0 saturated heterocycles. The van der Waals surface area contributed by atoms with E-state index in [0.29, 0.717) is 0 Å². The minimum Gasteiger partial charge on any atom is -0.464 e. The van der Waals surface area contributed by atoms with Crippen molar-refractivity contribution in [3.05, 3.63) is 77.9 Å². The fraction of sp³-hybridized carbons (Fsp3) is 0.360. The fourth-order valence-corrected chi connectivity index (χ4v) is 3.05. The molecule has 0 heterocycles. The van der Waals surface area contributed by atoms with Crippen LogP contribution in [0.1, 0.15) is 45.2 Å². The summed E-state index contributed by atoms with van der Waals surface area (Å²) in [7, 11) is 0. The van der Waals surface area contributed by atoms with Gasteiger partial charge in [0.1, 0.15) is 11.1 Å². The van der Waals surface area contributed by atoms with E-state index >= 15 is 0 Å². The smallest absolute Gasteiger partial charge is 0.408 e. The maximum atomic E-state index is 13.1. The average Bonchev–Trinajstić information content (AvgIpc) is 2.68. The first kappa shape index (κ1) is 23.2. The van der Waals surface area contributed by atoms with Gasteiger partial charge in [-0.1, -0.05) is 72.8 Å². The highest BCUT2D eigenvalue weighted by Crippen LogP contribution is 2.23. The molecule has 0 aliphatic rings. The summed E-state index contributed by atoms with van der Waals surface area (Å²) in [6.07, 6.45) is 3.70. The molecular formula is C25H31NO4. The molecule has 0 fully saturated rings. The van der Waals surface area contributed by atoms with E-state index in [9.17, 15) is 9.59 Å². The van der Waals surface area contributed by atoms with Gasteiger partial charge in [0.05, 0.1) is 6.61 Å². The number of carbonyl (C=O) groups is 2. The molecule has 1 atom stereocenters. The largest absolute Gasteiger partial charge is 0.464 e. The van der Waals surface area contributed by atoms with Gasteiger partial charge in [-0.05, 0) is 45.2 Å². The van der Waals surface area contributed by atoms with Gasteiger partial charge in [0.2, 0.25) is 0 Å². The Kier molecular flexibility index (Phi) is 8.22. The lowest BCUT2D eigenvalue weighted by molar-refractivity contribution is -0.151. The van der Waals surface area contributed by atoms with Crippen LogP contribution in [0.15, 0.2) is 66.7 Å². The Morgan fingerprint density at radius 3 is 2.13 bits per heavy atom. The number of esters is 1. The molecule has 30 heavy (non-hydrogen) atoms. The summed E-state index contributed by atoms with van der Waals surface area (Å²) in [6, 6.07) is 19.3. The van der Waals surface area contributed by atoms with Crippen molar-refractivity contribution in [3.63, 3.8) is 0 Å². The van der Waals surface area contributed by atoms with Crippen molar-refractivity contribution in [1.29, 1.82) is 0 Å². The van der Waals surface area contributed by atoms with E-state index in [2.05, 4.69) is 5.32 Å². The van der Waals surface area contributed by atoms with Gasteiger partial charge in [-0.25, -0.2) is 9.59 Å². The van der Waals surface area contributed by atoms with Crippen LogP contribution in [0, 0.1) is 0 Å². The first-order chi connectivity index (χ1) is 14.2. The molecular weight excluding hydrogens is 378 g/mol. The maximum Gasteiger partial charge on any atom is 0.408 e. The molecule has 0 spiro atoms. The highest BCUT2D eigenvalue weighted by molar-refractivity contribution is 5.86. The predicted molar refractivity (Wildman–Crippen MR) is 119 cm³/mol. The second-order valence-corrected chi connectivity index (χ2v) is 8.11. The van der Waals surface area contributed by atoms with Gasteiger partial charge in [0.25, 0.3) is 0 Å². The van der Waals surface area contributed by atoms with Crippen LogP contribution >= 0.6 is 0 Å². The Bertz CT molecular complexity index is 840. The van der Waals surface area contributed by atoms with Gasteiger partial charge >= 0.3 is 12.1 Å². The zero-order chi connectivity index (χ0) is 22.0. The molecule has 2 rings (SSSR count). The van der Waals surface area contributed by atoms with E-state index in [0.717, 1.165) is 11.1 Å². The van der Waals surface area contributed by atoms with Crippen LogP contribution in [0.25, 0.3) is 6.08 Å². The first-order valence-corrected chi connectivity index (χ1v) is 10.2. The van der Waals surface area contributed by atoms with E-state index in [1.54, 1.807) is 27.7 Å². The third kappa shape index (κ3) is 7.39. The van der Waals surface area contributed by atoms with E-state index in [1.165, 1.54) is 0 Å². The number of alkyl carbamates (subject to hydrolysis) is 1. The fourth-order valence-electron chi connectivity index (χ4n) is 3.05. The maximum absolute atomic E-state index is 13.1. The minimum atomic E-state index is -1.29. The lowest BCUT2D eigenvalue weighted by atomic mass is 9.87. The summed E-state index contributed by atoms with van der Waals surface area (Å²) in [6.45, 7) is 7.31. The molecule has 0 aromatic heterocycles. The molecule has 0 aliphatic carbocycles. The lowest BCUT2D eigenvalue weighted by Crippen LogP contribution is -2.57. The molecule has 5 heteroatoms. The van der Waals surface area contributed by atoms with Crippen molar-refractivity contribution in [2.45, 2.75) is 51.7 Å². The molecule has 0 aliphatic heterocycles. The Labute approximate surface area is 179 Å². The molecule has 1 amide bonds. The number of hydrogen-bond acceptors (Lipinski definition) is 4. The van der Waals surface area contributed by atoms with Crippen LogP contribution in [0.2, 0.25) is 0 Å². The third-order valence-corrected chi connectivity index (χ3v) is 4.33. The van der Waals surface area contributed by atoms with E-state index in [-0.39, 0.29) is 19.4 Å². The summed E-state index contributed by atoms with van der Waals surface area (Å²) in [4.78, 5) is 25.7. The number of amides is 1. The zero-order valence-corrected chi connectivity index (χ0v) is 18.2. The molecule has 0 bridgehead atoms. The van der Waals surface area contributed by atoms with Gasteiger partial charge in [0.15, 0.2) is 0 Å². The lowest BCUT2D eigenvalue weighted by Gasteiger charge is -2.33. The van der Waals surface area contributed by atoms with Gasteiger partial charge in [0, 0.05) is 6.42 Å². The average molecular weight is 410 g/mol. The Morgan fingerprint density at radius 1 is 0.967 bits per heavy atom. The summed E-state index contributed by atoms with van der Waals surface area (Å²) in [5.41, 5.74) is -0.0517. The van der Waals surface area contributed by atoms with Crippen molar-refractivity contribution in [2.75, 3.05) is 6.61 Å². The SMILES string of the molecule is CCOC(=O)[C@](C/C=C/c1ccccc1)(Cc1ccccc1)NC(=O)OC(C)(C)C. The van der Waals surface area contributed by atoms with Crippen molar-refractivity contribution < 1.29 is 19.1 Å². The number of nitrogens with one attached hydrogen (secondary N) is 1. The Hall–Kier alpha value is -3.08. The molecule has 2 aromatic rings. The second-order valence-electron chi connectivity index (χ2n) is 8.11. The monoisotopic (exact) mass is 409 g/mol. The van der Waals surface area contributed by atoms with E-state index in [1.807, 2.05) is 72.8 Å². The van der Waals surface area contributed by atoms with Crippen LogP contribution in [-0.4, -0.2) is 29.8 Å². The minimum absolute atomic E-state index is 0.216. The third-order valence-electron chi connectivity index (χ3n) is 4.33. The normalized spacial score (nSPS) is 13.5. The first-order valence-electron chi connectivity index (χ1n) is 10.2. The number of carbonyl (C=O) groups excluding carboxylic acids is 2. The van der Waals surface area contributed by atoms with Crippen LogP contribution in [0.4, 0.5) is 4.79 Å². The second kappa shape index (κ2) is 10.6. The summed E-state index contributed by atoms with van der Waals surface area (Å²) in [5, 5.41) is 2.82. The number of hydrogen-bond donors (Lipinski definition) is 1. The number of benzene rings is 2. The predicted octanol–water partition coefficient (Wildman–Crippen LogP) is 5.16. The standard InChI is InChI=1S/C25H31NO4/c1-5-29-22(27)25(19-21-15-10-7-11-16-21,26-23(28)30-24(2,3)4)18-12-17-20-13-8-6-9-14-20/h6-17H,5,18-19H2,1-4H3,(H,26,28)/b17-12+/t25-/m0/s1. The van der Waals surface area contributed by atoms with Crippen LogP contribution < -0.4 is 5.32 Å². The Balaban J connectivity index is 2.37. The van der Waals surface area contributed by atoms with E-state index < -0.39 is 23.2 Å². The highest BCUT2D eigenvalue weighted by atomic mass is 16.6. The van der Waals surface area contributed by atoms with Crippen molar-refractivity contribution >= 4 is 18.1 Å². The summed E-state index contributed by atoms with van der Waals surface area (Å²) < 4.78 is 10.8. The molecule has 2 aromatic carbocycles. The molecule has 0 radical (unpaired) electrons. The molecule has 5 nitrogen and oxygen atoms in total. The quantitative estimate of drug-likeness (QED) is 0.612. The van der Waals surface area contributed by atoms with Gasteiger partial charge in [-0.3, -0.25) is 0 Å². The van der Waals surface area contributed by atoms with Gasteiger partial charge < -0.3 is 14.8 Å². The highest BCUT2D eigenvalue weighted by Gasteiger charge is 2.41. The number of ether oxygens (including phenoxy) is 2. The van der Waals surface area contributed by atoms with Crippen LogP contribution in [0.5, 0.6) is 0 Å². The topological polar surface area (TPSA) is 64.6 Å². The van der Waals surface area contributed by atoms with Crippen LogP contribution in [0.3, 0.4) is 0 Å². The van der Waals surface area contributed by atoms with Crippen molar-refractivity contribution in [3.8, 4) is 0 Å². The van der Waals surface area contributed by atoms with Crippen molar-refractivity contribution in [2.24, 2.45) is 0 Å². The summed E-state index contributed by atoms with van der Waals surface area (Å²) >= 11 is 0. The molecule has 0 saturated carbocycles. The van der Waals surface area contributed by atoms with Crippen molar-refractivity contribution in [1.82, 2.24) is 5.32 Å². The molecule has 0 unspecified atom stereocenters. The Morgan fingerprint density at radius 2 is 1.57 bits per heavy atom. The summed E-state index contributed by atoms with van der Waals surface area (Å²) in [5.74, 6) is -0.488. The van der Waals surface area contributed by atoms with E-state index in [4.69, 9.17) is 9.47 Å². The molecule has 1 N–H and O–H groups in total. The molecule has 160 valence electrons. The number of rotatable bonds is 8. The van der Waals surface area contributed by atoms with Crippen LogP contribution in [-0.2, 0) is 20.7 Å². The zero-order valence-electron chi connectivity index (χ0n) is 18.2. The van der Waals surface area contributed by atoms with Gasteiger partial charge in [-0.15, -0.1) is 0 Å².